The SMILES string of the molecule is Cc1ccc(F)cc1C(=O)Nc1cc(Cl)nc(Cl)n1. The summed E-state index contributed by atoms with van der Waals surface area (Å²) >= 11 is 11.3. The summed E-state index contributed by atoms with van der Waals surface area (Å²) in [6.45, 7) is 1.70. The van der Waals surface area contributed by atoms with E-state index in [2.05, 4.69) is 15.3 Å². The lowest BCUT2D eigenvalue weighted by molar-refractivity contribution is 0.102. The van der Waals surface area contributed by atoms with Crippen molar-refractivity contribution in [2.75, 3.05) is 5.32 Å². The third kappa shape index (κ3) is 3.39. The minimum atomic E-state index is -0.497. The summed E-state index contributed by atoms with van der Waals surface area (Å²) in [6, 6.07) is 5.30. The van der Waals surface area contributed by atoms with Crippen molar-refractivity contribution in [3.63, 3.8) is 0 Å². The Balaban J connectivity index is 2.28. The Morgan fingerprint density at radius 1 is 1.26 bits per heavy atom. The van der Waals surface area contributed by atoms with Gasteiger partial charge in [0.1, 0.15) is 16.8 Å². The number of nitrogens with one attached hydrogen (secondary N) is 1. The zero-order valence-corrected chi connectivity index (χ0v) is 11.3. The van der Waals surface area contributed by atoms with Crippen molar-refractivity contribution >= 4 is 34.9 Å². The number of rotatable bonds is 2. The van der Waals surface area contributed by atoms with Crippen molar-refractivity contribution in [3.8, 4) is 0 Å². The smallest absolute Gasteiger partial charge is 0.257 e. The number of benzene rings is 1. The second kappa shape index (κ2) is 5.50. The number of nitrogens with zero attached hydrogens (tertiary/aromatic N) is 2. The number of halogens is 3. The first-order chi connectivity index (χ1) is 8.95. The number of carbonyl (C=O) groups excluding carboxylic acids is 1. The average molecular weight is 300 g/mol. The molecule has 1 aromatic carbocycles. The summed E-state index contributed by atoms with van der Waals surface area (Å²) in [5.74, 6) is -0.837. The molecule has 4 nitrogen and oxygen atoms in total. The lowest BCUT2D eigenvalue weighted by Crippen LogP contribution is -2.15. The van der Waals surface area contributed by atoms with E-state index in [4.69, 9.17) is 23.2 Å². The predicted octanol–water partition coefficient (Wildman–Crippen LogP) is 3.48. The Kier molecular flexibility index (Phi) is 3.97. The third-order valence-corrected chi connectivity index (χ3v) is 2.72. The molecule has 0 fully saturated rings. The molecular weight excluding hydrogens is 292 g/mol. The first-order valence-electron chi connectivity index (χ1n) is 5.23. The van der Waals surface area contributed by atoms with Gasteiger partial charge in [-0.05, 0) is 36.2 Å². The molecule has 0 radical (unpaired) electrons. The molecule has 0 aliphatic carbocycles. The zero-order chi connectivity index (χ0) is 14.0. The van der Waals surface area contributed by atoms with Gasteiger partial charge >= 0.3 is 0 Å². The lowest BCUT2D eigenvalue weighted by Gasteiger charge is -2.07. The van der Waals surface area contributed by atoms with Crippen LogP contribution < -0.4 is 5.32 Å². The van der Waals surface area contributed by atoms with E-state index in [1.54, 1.807) is 6.92 Å². The van der Waals surface area contributed by atoms with Crippen molar-refractivity contribution in [3.05, 3.63) is 51.6 Å². The molecule has 1 amide bonds. The predicted molar refractivity (Wildman–Crippen MR) is 71.1 cm³/mol. The molecule has 19 heavy (non-hydrogen) atoms. The van der Waals surface area contributed by atoms with Crippen molar-refractivity contribution in [1.82, 2.24) is 9.97 Å². The molecule has 98 valence electrons. The molecule has 0 spiro atoms. The largest absolute Gasteiger partial charge is 0.306 e. The van der Waals surface area contributed by atoms with Crippen LogP contribution in [-0.4, -0.2) is 15.9 Å². The molecule has 0 unspecified atom stereocenters. The summed E-state index contributed by atoms with van der Waals surface area (Å²) < 4.78 is 13.1. The van der Waals surface area contributed by atoms with Gasteiger partial charge in [-0.2, -0.15) is 0 Å². The number of hydrogen-bond acceptors (Lipinski definition) is 3. The van der Waals surface area contributed by atoms with E-state index in [0.717, 1.165) is 6.07 Å². The van der Waals surface area contributed by atoms with Crippen LogP contribution in [0, 0.1) is 12.7 Å². The van der Waals surface area contributed by atoms with Gasteiger partial charge < -0.3 is 5.32 Å². The summed E-state index contributed by atoms with van der Waals surface area (Å²) in [5, 5.41) is 2.50. The van der Waals surface area contributed by atoms with Crippen LogP contribution in [0.25, 0.3) is 0 Å². The van der Waals surface area contributed by atoms with Gasteiger partial charge in [0, 0.05) is 11.6 Å². The van der Waals surface area contributed by atoms with Gasteiger partial charge in [-0.3, -0.25) is 4.79 Å². The Hall–Kier alpha value is -1.72. The standard InChI is InChI=1S/C12H8Cl2FN3O/c1-6-2-3-7(15)4-8(6)11(19)17-10-5-9(13)16-12(14)18-10/h2-5H,1H3,(H,16,17,18,19). The van der Waals surface area contributed by atoms with E-state index >= 15 is 0 Å². The Bertz CT molecular complexity index is 629. The molecular formula is C12H8Cl2FN3O. The van der Waals surface area contributed by atoms with Gasteiger partial charge in [0.2, 0.25) is 5.28 Å². The number of carbonyl (C=O) groups is 1. The average Bonchev–Trinajstić information content (AvgIpc) is 2.30. The summed E-state index contributed by atoms with van der Waals surface area (Å²) in [4.78, 5) is 19.4. The van der Waals surface area contributed by atoms with Gasteiger partial charge in [-0.15, -0.1) is 0 Å². The maximum atomic E-state index is 13.1. The highest BCUT2D eigenvalue weighted by Gasteiger charge is 2.12. The first kappa shape index (κ1) is 13.7. The monoisotopic (exact) mass is 299 g/mol. The second-order valence-electron chi connectivity index (χ2n) is 3.76. The van der Waals surface area contributed by atoms with Crippen molar-refractivity contribution in [2.45, 2.75) is 6.92 Å². The topological polar surface area (TPSA) is 54.9 Å². The van der Waals surface area contributed by atoms with E-state index in [1.165, 1.54) is 18.2 Å². The minimum absolute atomic E-state index is 0.0845. The van der Waals surface area contributed by atoms with Gasteiger partial charge in [0.15, 0.2) is 0 Å². The number of aryl methyl sites for hydroxylation is 1. The van der Waals surface area contributed by atoms with Crippen molar-refractivity contribution < 1.29 is 9.18 Å². The highest BCUT2D eigenvalue weighted by molar-refractivity contribution is 6.32. The molecule has 1 aromatic heterocycles. The molecule has 0 saturated heterocycles. The van der Waals surface area contributed by atoms with Gasteiger partial charge in [0.05, 0.1) is 0 Å². The normalized spacial score (nSPS) is 10.3. The van der Waals surface area contributed by atoms with Crippen LogP contribution in [0.2, 0.25) is 10.4 Å². The van der Waals surface area contributed by atoms with Crippen LogP contribution in [0.5, 0.6) is 0 Å². The van der Waals surface area contributed by atoms with Crippen LogP contribution in [0.1, 0.15) is 15.9 Å². The third-order valence-electron chi connectivity index (χ3n) is 2.35. The lowest BCUT2D eigenvalue weighted by atomic mass is 10.1. The van der Waals surface area contributed by atoms with Crippen molar-refractivity contribution in [2.24, 2.45) is 0 Å². The zero-order valence-electron chi connectivity index (χ0n) is 9.75. The van der Waals surface area contributed by atoms with E-state index in [1.807, 2.05) is 0 Å². The molecule has 1 N–H and O–H groups in total. The molecule has 7 heteroatoms. The maximum Gasteiger partial charge on any atom is 0.257 e. The van der Waals surface area contributed by atoms with Crippen LogP contribution in [-0.2, 0) is 0 Å². The molecule has 0 aliphatic heterocycles. The van der Waals surface area contributed by atoms with Crippen LogP contribution in [0.3, 0.4) is 0 Å². The van der Waals surface area contributed by atoms with Gasteiger partial charge in [-0.25, -0.2) is 14.4 Å². The fourth-order valence-corrected chi connectivity index (χ4v) is 1.89. The summed E-state index contributed by atoms with van der Waals surface area (Å²) in [6.07, 6.45) is 0. The van der Waals surface area contributed by atoms with Crippen molar-refractivity contribution in [1.29, 1.82) is 0 Å². The first-order valence-corrected chi connectivity index (χ1v) is 5.99. The fourth-order valence-electron chi connectivity index (χ4n) is 1.48. The molecule has 0 atom stereocenters. The second-order valence-corrected chi connectivity index (χ2v) is 4.48. The van der Waals surface area contributed by atoms with E-state index in [-0.39, 0.29) is 21.8 Å². The molecule has 2 aromatic rings. The number of amides is 1. The van der Waals surface area contributed by atoms with Gasteiger partial charge in [-0.1, -0.05) is 17.7 Å². The molecule has 0 bridgehead atoms. The number of hydrogen-bond donors (Lipinski definition) is 1. The molecule has 2 rings (SSSR count). The van der Waals surface area contributed by atoms with E-state index in [0.29, 0.717) is 5.56 Å². The fraction of sp³-hybridized carbons (Fsp3) is 0.0833. The highest BCUT2D eigenvalue weighted by Crippen LogP contribution is 2.16. The quantitative estimate of drug-likeness (QED) is 0.682. The van der Waals surface area contributed by atoms with Crippen LogP contribution >= 0.6 is 23.2 Å². The Morgan fingerprint density at radius 2 is 2.00 bits per heavy atom. The van der Waals surface area contributed by atoms with E-state index < -0.39 is 11.7 Å². The van der Waals surface area contributed by atoms with Crippen LogP contribution in [0.15, 0.2) is 24.3 Å². The molecule has 0 aliphatic rings. The Morgan fingerprint density at radius 3 is 2.68 bits per heavy atom. The van der Waals surface area contributed by atoms with Crippen LogP contribution in [0.4, 0.5) is 10.2 Å². The summed E-state index contributed by atoms with van der Waals surface area (Å²) in [5.41, 5.74) is 0.857. The molecule has 0 saturated carbocycles. The minimum Gasteiger partial charge on any atom is -0.306 e. The number of anilines is 1. The maximum absolute atomic E-state index is 13.1. The molecule has 1 heterocycles. The van der Waals surface area contributed by atoms with Gasteiger partial charge in [0.25, 0.3) is 5.91 Å². The Labute approximate surface area is 118 Å². The highest BCUT2D eigenvalue weighted by atomic mass is 35.5. The number of aromatic nitrogens is 2. The van der Waals surface area contributed by atoms with E-state index in [9.17, 15) is 9.18 Å². The summed E-state index contributed by atoms with van der Waals surface area (Å²) in [7, 11) is 0.